The van der Waals surface area contributed by atoms with Gasteiger partial charge in [0, 0.05) is 11.6 Å². The van der Waals surface area contributed by atoms with Gasteiger partial charge in [0.05, 0.1) is 0 Å². The van der Waals surface area contributed by atoms with Crippen LogP contribution >= 0.6 is 11.6 Å². The second-order valence-electron chi connectivity index (χ2n) is 3.40. The molecule has 0 amide bonds. The molecule has 1 aromatic carbocycles. The summed E-state index contributed by atoms with van der Waals surface area (Å²) >= 11 is 5.85. The number of rotatable bonds is 4. The Labute approximate surface area is 90.2 Å². The van der Waals surface area contributed by atoms with Crippen LogP contribution in [0.5, 0.6) is 5.75 Å². The maximum atomic E-state index is 5.85. The lowest BCUT2D eigenvalue weighted by Gasteiger charge is -2.15. The van der Waals surface area contributed by atoms with Gasteiger partial charge in [0.2, 0.25) is 0 Å². The molecular formula is C11H16ClNO. The largest absolute Gasteiger partial charge is 0.489 e. The van der Waals surface area contributed by atoms with Crippen LogP contribution in [0.15, 0.2) is 18.2 Å². The first kappa shape index (κ1) is 11.3. The lowest BCUT2D eigenvalue weighted by atomic mass is 10.2. The number of hydrogen-bond acceptors (Lipinski definition) is 2. The molecule has 0 fully saturated rings. The zero-order valence-electron chi connectivity index (χ0n) is 8.80. The second kappa shape index (κ2) is 5.23. The molecule has 1 unspecified atom stereocenters. The molecule has 1 rings (SSSR count). The maximum absolute atomic E-state index is 5.85. The monoisotopic (exact) mass is 213 g/mol. The van der Waals surface area contributed by atoms with Crippen molar-refractivity contribution in [1.82, 2.24) is 5.32 Å². The molecule has 0 heterocycles. The summed E-state index contributed by atoms with van der Waals surface area (Å²) in [6.07, 6.45) is 0.167. The van der Waals surface area contributed by atoms with Crippen molar-refractivity contribution in [2.75, 3.05) is 13.6 Å². The third-order valence-electron chi connectivity index (χ3n) is 1.96. The molecule has 3 heteroatoms. The summed E-state index contributed by atoms with van der Waals surface area (Å²) in [5.41, 5.74) is 1.07. The van der Waals surface area contributed by atoms with E-state index in [2.05, 4.69) is 5.32 Å². The number of hydrogen-bond donors (Lipinski definition) is 1. The number of likely N-dealkylation sites (N-methyl/N-ethyl adjacent to an activating group) is 1. The van der Waals surface area contributed by atoms with Crippen LogP contribution in [-0.2, 0) is 0 Å². The van der Waals surface area contributed by atoms with E-state index in [0.29, 0.717) is 0 Å². The van der Waals surface area contributed by atoms with Gasteiger partial charge in [-0.25, -0.2) is 0 Å². The van der Waals surface area contributed by atoms with E-state index in [1.807, 2.05) is 39.1 Å². The molecule has 0 radical (unpaired) electrons. The highest BCUT2D eigenvalue weighted by Gasteiger charge is 2.05. The normalized spacial score (nSPS) is 12.6. The van der Waals surface area contributed by atoms with Gasteiger partial charge < -0.3 is 10.1 Å². The summed E-state index contributed by atoms with van der Waals surface area (Å²) in [6.45, 7) is 4.86. The predicted molar refractivity (Wildman–Crippen MR) is 60.2 cm³/mol. The number of benzene rings is 1. The van der Waals surface area contributed by atoms with Gasteiger partial charge in [0.25, 0.3) is 0 Å². The van der Waals surface area contributed by atoms with Crippen LogP contribution in [0.4, 0.5) is 0 Å². The summed E-state index contributed by atoms with van der Waals surface area (Å²) in [7, 11) is 1.91. The molecule has 78 valence electrons. The van der Waals surface area contributed by atoms with Crippen molar-refractivity contribution in [1.29, 1.82) is 0 Å². The van der Waals surface area contributed by atoms with Gasteiger partial charge in [0.1, 0.15) is 11.9 Å². The molecule has 0 bridgehead atoms. The van der Waals surface area contributed by atoms with E-state index >= 15 is 0 Å². The molecule has 0 aliphatic heterocycles. The van der Waals surface area contributed by atoms with Gasteiger partial charge in [-0.3, -0.25) is 0 Å². The summed E-state index contributed by atoms with van der Waals surface area (Å²) in [6, 6.07) is 5.66. The second-order valence-corrected chi connectivity index (χ2v) is 3.83. The van der Waals surface area contributed by atoms with Crippen molar-refractivity contribution in [2.45, 2.75) is 20.0 Å². The fraction of sp³-hybridized carbons (Fsp3) is 0.455. The summed E-state index contributed by atoms with van der Waals surface area (Å²) < 4.78 is 5.72. The van der Waals surface area contributed by atoms with Crippen molar-refractivity contribution in [3.63, 3.8) is 0 Å². The first-order chi connectivity index (χ1) is 6.63. The zero-order chi connectivity index (χ0) is 10.6. The number of ether oxygens (including phenoxy) is 1. The zero-order valence-corrected chi connectivity index (χ0v) is 9.56. The molecule has 1 atom stereocenters. The standard InChI is InChI=1S/C11H16ClNO/c1-8-6-10(12)4-5-11(8)14-9(2)7-13-3/h4-6,9,13H,7H2,1-3H3. The van der Waals surface area contributed by atoms with Crippen LogP contribution in [0.25, 0.3) is 0 Å². The van der Waals surface area contributed by atoms with Crippen LogP contribution in [-0.4, -0.2) is 19.7 Å². The highest BCUT2D eigenvalue weighted by molar-refractivity contribution is 6.30. The van der Waals surface area contributed by atoms with Crippen molar-refractivity contribution in [3.05, 3.63) is 28.8 Å². The number of aryl methyl sites for hydroxylation is 1. The van der Waals surface area contributed by atoms with Crippen molar-refractivity contribution in [2.24, 2.45) is 0 Å². The van der Waals surface area contributed by atoms with Crippen LogP contribution in [0.1, 0.15) is 12.5 Å². The first-order valence-corrected chi connectivity index (χ1v) is 5.08. The Bertz CT molecular complexity index is 301. The minimum absolute atomic E-state index is 0.167. The maximum Gasteiger partial charge on any atom is 0.122 e. The van der Waals surface area contributed by atoms with E-state index in [-0.39, 0.29) is 6.10 Å². The molecule has 14 heavy (non-hydrogen) atoms. The Morgan fingerprint density at radius 3 is 2.79 bits per heavy atom. The van der Waals surface area contributed by atoms with E-state index in [4.69, 9.17) is 16.3 Å². The fourth-order valence-electron chi connectivity index (χ4n) is 1.29. The molecule has 0 saturated heterocycles. The molecule has 0 saturated carbocycles. The Hall–Kier alpha value is -0.730. The summed E-state index contributed by atoms with van der Waals surface area (Å²) in [5, 5.41) is 3.81. The Morgan fingerprint density at radius 1 is 1.50 bits per heavy atom. The highest BCUT2D eigenvalue weighted by Crippen LogP contribution is 2.22. The van der Waals surface area contributed by atoms with E-state index in [9.17, 15) is 0 Å². The molecule has 1 N–H and O–H groups in total. The number of halogens is 1. The Kier molecular flexibility index (Phi) is 4.23. The Morgan fingerprint density at radius 2 is 2.21 bits per heavy atom. The quantitative estimate of drug-likeness (QED) is 0.831. The average molecular weight is 214 g/mol. The van der Waals surface area contributed by atoms with Gasteiger partial charge in [-0.2, -0.15) is 0 Å². The minimum atomic E-state index is 0.167. The van der Waals surface area contributed by atoms with Gasteiger partial charge >= 0.3 is 0 Å². The van der Waals surface area contributed by atoms with E-state index < -0.39 is 0 Å². The molecule has 0 aliphatic carbocycles. The number of nitrogens with one attached hydrogen (secondary N) is 1. The smallest absolute Gasteiger partial charge is 0.122 e. The fourth-order valence-corrected chi connectivity index (χ4v) is 1.52. The summed E-state index contributed by atoms with van der Waals surface area (Å²) in [5.74, 6) is 0.900. The van der Waals surface area contributed by atoms with Crippen molar-refractivity contribution >= 4 is 11.6 Å². The molecule has 2 nitrogen and oxygen atoms in total. The molecule has 1 aromatic rings. The lowest BCUT2D eigenvalue weighted by molar-refractivity contribution is 0.219. The molecule has 0 aliphatic rings. The Balaban J connectivity index is 2.67. The third kappa shape index (κ3) is 3.20. The van der Waals surface area contributed by atoms with Crippen LogP contribution < -0.4 is 10.1 Å². The molecular weight excluding hydrogens is 198 g/mol. The SMILES string of the molecule is CNCC(C)Oc1ccc(Cl)cc1C. The van der Waals surface area contributed by atoms with E-state index in [0.717, 1.165) is 22.9 Å². The van der Waals surface area contributed by atoms with Crippen LogP contribution in [0.3, 0.4) is 0 Å². The van der Waals surface area contributed by atoms with Gasteiger partial charge in [0.15, 0.2) is 0 Å². The predicted octanol–water partition coefficient (Wildman–Crippen LogP) is 2.64. The molecule has 0 aromatic heterocycles. The van der Waals surface area contributed by atoms with Gasteiger partial charge in [-0.05, 0) is 44.7 Å². The topological polar surface area (TPSA) is 21.3 Å². The minimum Gasteiger partial charge on any atom is -0.489 e. The van der Waals surface area contributed by atoms with Gasteiger partial charge in [-0.15, -0.1) is 0 Å². The lowest BCUT2D eigenvalue weighted by Crippen LogP contribution is -2.26. The van der Waals surface area contributed by atoms with Gasteiger partial charge in [-0.1, -0.05) is 11.6 Å². The summed E-state index contributed by atoms with van der Waals surface area (Å²) in [4.78, 5) is 0. The van der Waals surface area contributed by atoms with E-state index in [1.165, 1.54) is 0 Å². The van der Waals surface area contributed by atoms with Crippen LogP contribution in [0, 0.1) is 6.92 Å². The average Bonchev–Trinajstić information content (AvgIpc) is 2.10. The van der Waals surface area contributed by atoms with Crippen molar-refractivity contribution in [3.8, 4) is 5.75 Å². The highest BCUT2D eigenvalue weighted by atomic mass is 35.5. The van der Waals surface area contributed by atoms with Crippen molar-refractivity contribution < 1.29 is 4.74 Å². The first-order valence-electron chi connectivity index (χ1n) is 4.71. The third-order valence-corrected chi connectivity index (χ3v) is 2.19. The molecule has 0 spiro atoms. The van der Waals surface area contributed by atoms with E-state index in [1.54, 1.807) is 0 Å². The van der Waals surface area contributed by atoms with Crippen LogP contribution in [0.2, 0.25) is 5.02 Å².